The van der Waals surface area contributed by atoms with Crippen LogP contribution in [-0.2, 0) is 4.79 Å². The number of hydrogen-bond acceptors (Lipinski definition) is 4. The van der Waals surface area contributed by atoms with Crippen molar-refractivity contribution in [1.82, 2.24) is 4.90 Å². The fourth-order valence-electron chi connectivity index (χ4n) is 1.68. The smallest absolute Gasteiger partial charge is 0.294 e. The van der Waals surface area contributed by atoms with Crippen LogP contribution in [0.2, 0.25) is 0 Å². The highest BCUT2D eigenvalue weighted by Crippen LogP contribution is 2.34. The van der Waals surface area contributed by atoms with Gasteiger partial charge >= 0.3 is 6.18 Å². The minimum absolute atomic E-state index is 0.0701. The highest BCUT2D eigenvalue weighted by Gasteiger charge is 2.28. The Morgan fingerprint density at radius 3 is 2.64 bits per heavy atom. The van der Waals surface area contributed by atoms with Crippen LogP contribution in [0, 0.1) is 12.7 Å². The van der Waals surface area contributed by atoms with Gasteiger partial charge in [-0.3, -0.25) is 9.69 Å². The standard InChI is InChI=1S/C13H12F4N2OS2/c1-7-3-8(14)9(4-10(7)22-6-13(15,16)17)18-12-19(2)11(20)5-21-12/h3-4H,5-6H2,1-2H3. The molecule has 0 aromatic heterocycles. The van der Waals surface area contributed by atoms with E-state index in [2.05, 4.69) is 4.99 Å². The first-order valence-corrected chi connectivity index (χ1v) is 8.12. The van der Waals surface area contributed by atoms with E-state index in [1.54, 1.807) is 6.92 Å². The molecule has 9 heteroatoms. The minimum Gasteiger partial charge on any atom is -0.294 e. The van der Waals surface area contributed by atoms with E-state index in [1.807, 2.05) is 0 Å². The highest BCUT2D eigenvalue weighted by atomic mass is 32.2. The number of rotatable bonds is 3. The lowest BCUT2D eigenvalue weighted by molar-refractivity contribution is -0.123. The van der Waals surface area contributed by atoms with Crippen LogP contribution in [0.15, 0.2) is 22.0 Å². The van der Waals surface area contributed by atoms with E-state index in [0.29, 0.717) is 27.4 Å². The third kappa shape index (κ3) is 4.16. The number of benzene rings is 1. The number of hydrogen-bond donors (Lipinski definition) is 0. The third-order valence-electron chi connectivity index (χ3n) is 2.84. The molecule has 1 aliphatic heterocycles. The van der Waals surface area contributed by atoms with E-state index < -0.39 is 17.7 Å². The van der Waals surface area contributed by atoms with E-state index >= 15 is 0 Å². The molecule has 0 unspecified atom stereocenters. The fourth-order valence-corrected chi connectivity index (χ4v) is 3.39. The van der Waals surface area contributed by atoms with Gasteiger partial charge in [0, 0.05) is 11.9 Å². The van der Waals surface area contributed by atoms with E-state index in [9.17, 15) is 22.4 Å². The van der Waals surface area contributed by atoms with Gasteiger partial charge in [-0.05, 0) is 24.6 Å². The van der Waals surface area contributed by atoms with Crippen molar-refractivity contribution in [2.75, 3.05) is 18.6 Å². The molecule has 1 heterocycles. The lowest BCUT2D eigenvalue weighted by Gasteiger charge is -2.11. The van der Waals surface area contributed by atoms with Crippen molar-refractivity contribution in [1.29, 1.82) is 0 Å². The van der Waals surface area contributed by atoms with Gasteiger partial charge in [0.15, 0.2) is 5.17 Å². The van der Waals surface area contributed by atoms with Crippen molar-refractivity contribution >= 4 is 40.3 Å². The summed E-state index contributed by atoms with van der Waals surface area (Å²) < 4.78 is 50.8. The lowest BCUT2D eigenvalue weighted by Crippen LogP contribution is -2.24. The number of thioether (sulfide) groups is 2. The van der Waals surface area contributed by atoms with Crippen LogP contribution in [-0.4, -0.2) is 40.7 Å². The van der Waals surface area contributed by atoms with Gasteiger partial charge in [-0.15, -0.1) is 11.8 Å². The summed E-state index contributed by atoms with van der Waals surface area (Å²) >= 11 is 1.75. The molecule has 0 aliphatic carbocycles. The Bertz CT molecular complexity index is 631. The molecule has 3 nitrogen and oxygen atoms in total. The highest BCUT2D eigenvalue weighted by molar-refractivity contribution is 8.15. The fraction of sp³-hybridized carbons (Fsp3) is 0.385. The van der Waals surface area contributed by atoms with Gasteiger partial charge in [-0.1, -0.05) is 11.8 Å². The Labute approximate surface area is 133 Å². The molecule has 0 N–H and O–H groups in total. The van der Waals surface area contributed by atoms with Crippen LogP contribution < -0.4 is 0 Å². The molecule has 1 aromatic rings. The molecule has 0 radical (unpaired) electrons. The van der Waals surface area contributed by atoms with Gasteiger partial charge < -0.3 is 0 Å². The molecule has 1 aromatic carbocycles. The van der Waals surface area contributed by atoms with Crippen LogP contribution in [0.3, 0.4) is 0 Å². The summed E-state index contributed by atoms with van der Waals surface area (Å²) in [7, 11) is 1.52. The molecule has 0 saturated carbocycles. The summed E-state index contributed by atoms with van der Waals surface area (Å²) in [5.74, 6) is -1.61. The maximum atomic E-state index is 13.9. The zero-order chi connectivity index (χ0) is 16.5. The number of amidine groups is 1. The SMILES string of the molecule is Cc1cc(F)c(N=C2SCC(=O)N2C)cc1SCC(F)(F)F. The summed E-state index contributed by atoms with van der Waals surface area (Å²) in [5, 5.41) is 0.333. The van der Waals surface area contributed by atoms with Crippen LogP contribution in [0.25, 0.3) is 0 Å². The molecule has 1 fully saturated rings. The Kier molecular flexibility index (Phi) is 5.06. The number of halogens is 4. The molecule has 1 aliphatic rings. The molecule has 0 spiro atoms. The first-order valence-electron chi connectivity index (χ1n) is 6.15. The normalized spacial score (nSPS) is 17.6. The Morgan fingerprint density at radius 1 is 1.41 bits per heavy atom. The van der Waals surface area contributed by atoms with Crippen LogP contribution in [0.5, 0.6) is 0 Å². The van der Waals surface area contributed by atoms with E-state index in [0.717, 1.165) is 17.8 Å². The minimum atomic E-state index is -4.30. The van der Waals surface area contributed by atoms with Gasteiger partial charge in [-0.25, -0.2) is 9.38 Å². The summed E-state index contributed by atoms with van der Waals surface area (Å²) in [6, 6.07) is 2.44. The molecule has 22 heavy (non-hydrogen) atoms. The number of amides is 1. The number of carbonyl (C=O) groups is 1. The molecular weight excluding hydrogens is 340 g/mol. The Hall–Kier alpha value is -1.22. The first-order chi connectivity index (χ1) is 10.2. The summed E-state index contributed by atoms with van der Waals surface area (Å²) in [5.41, 5.74) is 0.346. The van der Waals surface area contributed by atoms with Crippen LogP contribution in [0.1, 0.15) is 5.56 Å². The number of aliphatic imine (C=N–C) groups is 1. The van der Waals surface area contributed by atoms with E-state index in [1.165, 1.54) is 18.0 Å². The predicted octanol–water partition coefficient (Wildman–Crippen LogP) is 3.98. The summed E-state index contributed by atoms with van der Waals surface area (Å²) in [6.07, 6.45) is -4.30. The average molecular weight is 352 g/mol. The van der Waals surface area contributed by atoms with Gasteiger partial charge in [0.25, 0.3) is 0 Å². The Balaban J connectivity index is 2.29. The largest absolute Gasteiger partial charge is 0.398 e. The molecule has 0 bridgehead atoms. The molecule has 1 amide bonds. The lowest BCUT2D eigenvalue weighted by atomic mass is 10.2. The molecule has 0 atom stereocenters. The average Bonchev–Trinajstić information content (AvgIpc) is 2.71. The number of alkyl halides is 3. The third-order valence-corrected chi connectivity index (χ3v) is 5.07. The van der Waals surface area contributed by atoms with Crippen molar-refractivity contribution in [3.8, 4) is 0 Å². The monoisotopic (exact) mass is 352 g/mol. The van der Waals surface area contributed by atoms with E-state index in [-0.39, 0.29) is 17.3 Å². The first kappa shape index (κ1) is 17.1. The maximum absolute atomic E-state index is 13.9. The second-order valence-electron chi connectivity index (χ2n) is 4.61. The second-order valence-corrected chi connectivity index (χ2v) is 6.57. The van der Waals surface area contributed by atoms with Crippen molar-refractivity contribution < 1.29 is 22.4 Å². The van der Waals surface area contributed by atoms with Crippen LogP contribution >= 0.6 is 23.5 Å². The van der Waals surface area contributed by atoms with Crippen molar-refractivity contribution in [2.45, 2.75) is 18.0 Å². The number of carbonyl (C=O) groups excluding carboxylic acids is 1. The zero-order valence-corrected chi connectivity index (χ0v) is 13.3. The van der Waals surface area contributed by atoms with Gasteiger partial charge in [0.1, 0.15) is 11.5 Å². The molecular formula is C13H12F4N2OS2. The zero-order valence-electron chi connectivity index (χ0n) is 11.7. The van der Waals surface area contributed by atoms with Crippen molar-refractivity contribution in [3.63, 3.8) is 0 Å². The summed E-state index contributed by atoms with van der Waals surface area (Å²) in [6.45, 7) is 1.54. The maximum Gasteiger partial charge on any atom is 0.398 e. The Morgan fingerprint density at radius 2 is 2.09 bits per heavy atom. The van der Waals surface area contributed by atoms with Crippen molar-refractivity contribution in [2.24, 2.45) is 4.99 Å². The van der Waals surface area contributed by atoms with Gasteiger partial charge in [-0.2, -0.15) is 13.2 Å². The topological polar surface area (TPSA) is 32.7 Å². The molecule has 1 saturated heterocycles. The summed E-state index contributed by atoms with van der Waals surface area (Å²) in [4.78, 5) is 17.1. The van der Waals surface area contributed by atoms with Gasteiger partial charge in [0.05, 0.1) is 11.5 Å². The predicted molar refractivity (Wildman–Crippen MR) is 80.2 cm³/mol. The number of nitrogens with zero attached hydrogens (tertiary/aromatic N) is 2. The molecule has 120 valence electrons. The van der Waals surface area contributed by atoms with Gasteiger partial charge in [0.2, 0.25) is 5.91 Å². The van der Waals surface area contributed by atoms with E-state index in [4.69, 9.17) is 0 Å². The van der Waals surface area contributed by atoms with Crippen LogP contribution in [0.4, 0.5) is 23.2 Å². The molecule has 2 rings (SSSR count). The number of aryl methyl sites for hydroxylation is 1. The quantitative estimate of drug-likeness (QED) is 0.609. The second kappa shape index (κ2) is 6.49. The van der Waals surface area contributed by atoms with Crippen molar-refractivity contribution in [3.05, 3.63) is 23.5 Å².